The molecule has 0 aromatic carbocycles. The summed E-state index contributed by atoms with van der Waals surface area (Å²) in [5, 5.41) is 3.15. The van der Waals surface area contributed by atoms with E-state index in [1.807, 2.05) is 14.0 Å². The summed E-state index contributed by atoms with van der Waals surface area (Å²) < 4.78 is 26.4. The average molecular weight is 313 g/mol. The monoisotopic (exact) mass is 312 g/mol. The molecule has 1 N–H and O–H groups in total. The van der Waals surface area contributed by atoms with Crippen LogP contribution in [0.2, 0.25) is 0 Å². The van der Waals surface area contributed by atoms with Crippen molar-refractivity contribution in [3.8, 4) is 0 Å². The number of halogens is 1. The highest BCUT2D eigenvalue weighted by atomic mass is 35.5. The first-order chi connectivity index (χ1) is 8.49. The van der Waals surface area contributed by atoms with Gasteiger partial charge in [0.2, 0.25) is 10.0 Å². The SMILES string of the molecule is CCCC(C)CS(=O)(=O)N1CCCC(CNC)C1.Cl. The van der Waals surface area contributed by atoms with Crippen molar-refractivity contribution in [2.24, 2.45) is 11.8 Å². The number of rotatable bonds is 7. The van der Waals surface area contributed by atoms with Crippen molar-refractivity contribution in [3.63, 3.8) is 0 Å². The van der Waals surface area contributed by atoms with Crippen LogP contribution in [0.3, 0.4) is 0 Å². The van der Waals surface area contributed by atoms with Crippen LogP contribution in [0.25, 0.3) is 0 Å². The minimum Gasteiger partial charge on any atom is -0.319 e. The lowest BCUT2D eigenvalue weighted by Gasteiger charge is -2.32. The zero-order valence-corrected chi connectivity index (χ0v) is 14.0. The molecule has 19 heavy (non-hydrogen) atoms. The number of hydrogen-bond donors (Lipinski definition) is 1. The Morgan fingerprint density at radius 2 is 2.11 bits per heavy atom. The van der Waals surface area contributed by atoms with Crippen molar-refractivity contribution < 1.29 is 8.42 Å². The van der Waals surface area contributed by atoms with E-state index in [2.05, 4.69) is 12.2 Å². The Kier molecular flexibility index (Phi) is 9.24. The molecule has 1 heterocycles. The summed E-state index contributed by atoms with van der Waals surface area (Å²) in [5.74, 6) is 1.05. The number of hydrogen-bond acceptors (Lipinski definition) is 3. The Hall–Kier alpha value is 0.160. The smallest absolute Gasteiger partial charge is 0.214 e. The first-order valence-corrected chi connectivity index (χ1v) is 8.73. The lowest BCUT2D eigenvalue weighted by Crippen LogP contribution is -2.44. The van der Waals surface area contributed by atoms with Gasteiger partial charge >= 0.3 is 0 Å². The van der Waals surface area contributed by atoms with Crippen LogP contribution in [0.4, 0.5) is 0 Å². The molecule has 1 saturated heterocycles. The van der Waals surface area contributed by atoms with E-state index in [9.17, 15) is 8.42 Å². The fourth-order valence-corrected chi connectivity index (χ4v) is 4.72. The quantitative estimate of drug-likeness (QED) is 0.783. The maximum absolute atomic E-state index is 12.3. The van der Waals surface area contributed by atoms with Crippen molar-refractivity contribution in [2.45, 2.75) is 39.5 Å². The molecule has 0 amide bonds. The first-order valence-electron chi connectivity index (χ1n) is 7.12. The molecule has 1 rings (SSSR count). The van der Waals surface area contributed by atoms with Crippen LogP contribution in [0.1, 0.15) is 39.5 Å². The van der Waals surface area contributed by atoms with Gasteiger partial charge in [-0.2, -0.15) is 0 Å². The maximum atomic E-state index is 12.3. The predicted molar refractivity (Wildman–Crippen MR) is 83.3 cm³/mol. The maximum Gasteiger partial charge on any atom is 0.214 e. The topological polar surface area (TPSA) is 49.4 Å². The van der Waals surface area contributed by atoms with Crippen molar-refractivity contribution in [3.05, 3.63) is 0 Å². The zero-order valence-electron chi connectivity index (χ0n) is 12.4. The molecule has 0 spiro atoms. The lowest BCUT2D eigenvalue weighted by molar-refractivity contribution is 0.262. The molecule has 0 bridgehead atoms. The highest BCUT2D eigenvalue weighted by Gasteiger charge is 2.29. The van der Waals surface area contributed by atoms with E-state index in [1.54, 1.807) is 4.31 Å². The Balaban J connectivity index is 0.00000324. The molecule has 6 heteroatoms. The van der Waals surface area contributed by atoms with Gasteiger partial charge in [0.1, 0.15) is 0 Å². The molecule has 2 atom stereocenters. The van der Waals surface area contributed by atoms with Crippen LogP contribution >= 0.6 is 12.4 Å². The number of sulfonamides is 1. The van der Waals surface area contributed by atoms with Gasteiger partial charge in [0.15, 0.2) is 0 Å². The summed E-state index contributed by atoms with van der Waals surface area (Å²) >= 11 is 0. The predicted octanol–water partition coefficient (Wildman–Crippen LogP) is 2.11. The highest BCUT2D eigenvalue weighted by molar-refractivity contribution is 7.89. The molecule has 0 radical (unpaired) electrons. The van der Waals surface area contributed by atoms with Crippen LogP contribution in [0.15, 0.2) is 0 Å². The molecule has 1 aliphatic heterocycles. The van der Waals surface area contributed by atoms with Crippen molar-refractivity contribution in [2.75, 3.05) is 32.4 Å². The summed E-state index contributed by atoms with van der Waals surface area (Å²) in [5.41, 5.74) is 0. The summed E-state index contributed by atoms with van der Waals surface area (Å²) in [6.07, 6.45) is 4.18. The van der Waals surface area contributed by atoms with Gasteiger partial charge in [-0.3, -0.25) is 0 Å². The third-order valence-electron chi connectivity index (χ3n) is 3.64. The van der Waals surface area contributed by atoms with Crippen LogP contribution in [0.5, 0.6) is 0 Å². The number of piperidine rings is 1. The number of nitrogens with zero attached hydrogens (tertiary/aromatic N) is 1. The summed E-state index contributed by atoms with van der Waals surface area (Å²) in [4.78, 5) is 0. The molecule has 0 aromatic heterocycles. The van der Waals surface area contributed by atoms with E-state index in [-0.39, 0.29) is 18.3 Å². The van der Waals surface area contributed by atoms with Crippen molar-refractivity contribution in [1.29, 1.82) is 0 Å². The van der Waals surface area contributed by atoms with Crippen LogP contribution in [0, 0.1) is 11.8 Å². The summed E-state index contributed by atoms with van der Waals surface area (Å²) in [7, 11) is -1.12. The second-order valence-electron chi connectivity index (χ2n) is 5.60. The molecular weight excluding hydrogens is 284 g/mol. The molecule has 0 aromatic rings. The molecule has 116 valence electrons. The van der Waals surface area contributed by atoms with Crippen LogP contribution < -0.4 is 5.32 Å². The molecule has 0 aliphatic carbocycles. The number of nitrogens with one attached hydrogen (secondary N) is 1. The lowest BCUT2D eigenvalue weighted by atomic mass is 10.00. The third kappa shape index (κ3) is 6.43. The fourth-order valence-electron chi connectivity index (χ4n) is 2.78. The van der Waals surface area contributed by atoms with E-state index >= 15 is 0 Å². The van der Waals surface area contributed by atoms with Gasteiger partial charge in [-0.05, 0) is 44.7 Å². The standard InChI is InChI=1S/C13H28N2O2S.ClH/c1-4-6-12(2)11-18(16,17)15-8-5-7-13(10-15)9-14-3;/h12-14H,4-11H2,1-3H3;1H. The van der Waals surface area contributed by atoms with Gasteiger partial charge in [-0.1, -0.05) is 20.3 Å². The van der Waals surface area contributed by atoms with Crippen LogP contribution in [-0.4, -0.2) is 45.2 Å². The van der Waals surface area contributed by atoms with E-state index < -0.39 is 10.0 Å². The molecular formula is C13H29ClN2O2S. The molecule has 4 nitrogen and oxygen atoms in total. The Bertz CT molecular complexity index is 334. The molecule has 2 unspecified atom stereocenters. The van der Waals surface area contributed by atoms with Gasteiger partial charge in [-0.25, -0.2) is 12.7 Å². The van der Waals surface area contributed by atoms with E-state index in [1.165, 1.54) is 0 Å². The van der Waals surface area contributed by atoms with Crippen molar-refractivity contribution >= 4 is 22.4 Å². The summed E-state index contributed by atoms with van der Waals surface area (Å²) in [6, 6.07) is 0. The van der Waals surface area contributed by atoms with Gasteiger partial charge in [0.25, 0.3) is 0 Å². The van der Waals surface area contributed by atoms with Gasteiger partial charge < -0.3 is 5.32 Å². The van der Waals surface area contributed by atoms with Gasteiger partial charge in [0, 0.05) is 13.1 Å². The second-order valence-corrected chi connectivity index (χ2v) is 7.61. The van der Waals surface area contributed by atoms with Crippen molar-refractivity contribution in [1.82, 2.24) is 9.62 Å². The van der Waals surface area contributed by atoms with E-state index in [0.29, 0.717) is 24.8 Å². The second kappa shape index (κ2) is 9.16. The Morgan fingerprint density at radius 1 is 1.42 bits per heavy atom. The molecule has 1 aliphatic rings. The zero-order chi connectivity index (χ0) is 13.6. The first kappa shape index (κ1) is 19.2. The molecule has 1 fully saturated rings. The Labute approximate surface area is 124 Å². The Morgan fingerprint density at radius 3 is 2.68 bits per heavy atom. The largest absolute Gasteiger partial charge is 0.319 e. The molecule has 0 saturated carbocycles. The van der Waals surface area contributed by atoms with E-state index in [4.69, 9.17) is 0 Å². The summed E-state index contributed by atoms with van der Waals surface area (Å²) in [6.45, 7) is 6.46. The normalized spacial score (nSPS) is 22.8. The highest BCUT2D eigenvalue weighted by Crippen LogP contribution is 2.21. The van der Waals surface area contributed by atoms with Crippen LogP contribution in [-0.2, 0) is 10.0 Å². The minimum atomic E-state index is -3.05. The minimum absolute atomic E-state index is 0. The fraction of sp³-hybridized carbons (Fsp3) is 1.00. The average Bonchev–Trinajstić information content (AvgIpc) is 2.29. The third-order valence-corrected chi connectivity index (χ3v) is 5.75. The van der Waals surface area contributed by atoms with E-state index in [0.717, 1.165) is 32.2 Å². The van der Waals surface area contributed by atoms with Gasteiger partial charge in [0.05, 0.1) is 5.75 Å². The van der Waals surface area contributed by atoms with Gasteiger partial charge in [-0.15, -0.1) is 12.4 Å².